The molecule has 6 heteroatoms. The lowest BCUT2D eigenvalue weighted by atomic mass is 9.94. The van der Waals surface area contributed by atoms with Crippen LogP contribution in [0.1, 0.15) is 44.6 Å². The summed E-state index contributed by atoms with van der Waals surface area (Å²) in [6.45, 7) is 3.94. The molecule has 1 aliphatic rings. The number of aryl methyl sites for hydroxylation is 1. The van der Waals surface area contributed by atoms with E-state index in [1.165, 1.54) is 36.6 Å². The molecule has 0 radical (unpaired) electrons. The summed E-state index contributed by atoms with van der Waals surface area (Å²) in [5.74, 6) is 0.620. The van der Waals surface area contributed by atoms with Crippen molar-refractivity contribution < 1.29 is 9.21 Å². The SMILES string of the molecule is Cc1ccc(-c2nnc(SC(C)C(=O)N(C)C3CCCCC3)o2)cc1. The highest BCUT2D eigenvalue weighted by Gasteiger charge is 2.27. The quantitative estimate of drug-likeness (QED) is 0.744. The number of aromatic nitrogens is 2. The Morgan fingerprint density at radius 3 is 2.56 bits per heavy atom. The zero-order valence-corrected chi connectivity index (χ0v) is 15.9. The fraction of sp³-hybridized carbons (Fsp3) is 0.526. The number of hydrogen-bond donors (Lipinski definition) is 0. The molecule has 1 atom stereocenters. The third kappa shape index (κ3) is 4.42. The summed E-state index contributed by atoms with van der Waals surface area (Å²) in [5, 5.41) is 8.39. The lowest BCUT2D eigenvalue weighted by molar-refractivity contribution is -0.131. The van der Waals surface area contributed by atoms with E-state index in [2.05, 4.69) is 10.2 Å². The fourth-order valence-electron chi connectivity index (χ4n) is 3.21. The molecule has 1 aliphatic carbocycles. The van der Waals surface area contributed by atoms with Crippen molar-refractivity contribution in [1.29, 1.82) is 0 Å². The van der Waals surface area contributed by atoms with Gasteiger partial charge in [-0.2, -0.15) is 0 Å². The van der Waals surface area contributed by atoms with Crippen molar-refractivity contribution in [2.24, 2.45) is 0 Å². The summed E-state index contributed by atoms with van der Waals surface area (Å²) in [7, 11) is 1.92. The van der Waals surface area contributed by atoms with Crippen molar-refractivity contribution in [1.82, 2.24) is 15.1 Å². The third-order valence-electron chi connectivity index (χ3n) is 4.80. The van der Waals surface area contributed by atoms with Crippen molar-refractivity contribution >= 4 is 17.7 Å². The predicted molar refractivity (Wildman–Crippen MR) is 99.4 cm³/mol. The second kappa shape index (κ2) is 8.04. The van der Waals surface area contributed by atoms with E-state index in [0.29, 0.717) is 17.2 Å². The van der Waals surface area contributed by atoms with Crippen LogP contribution in [0.4, 0.5) is 0 Å². The highest BCUT2D eigenvalue weighted by molar-refractivity contribution is 8.00. The molecule has 1 heterocycles. The number of hydrogen-bond acceptors (Lipinski definition) is 5. The Kier molecular flexibility index (Phi) is 5.78. The van der Waals surface area contributed by atoms with Gasteiger partial charge in [0, 0.05) is 18.7 Å². The van der Waals surface area contributed by atoms with Crippen molar-refractivity contribution in [2.75, 3.05) is 7.05 Å². The Balaban J connectivity index is 1.61. The van der Waals surface area contributed by atoms with Crippen LogP contribution in [0.5, 0.6) is 0 Å². The molecule has 5 nitrogen and oxygen atoms in total. The average Bonchev–Trinajstić information content (AvgIpc) is 3.10. The minimum atomic E-state index is -0.238. The Bertz CT molecular complexity index is 708. The van der Waals surface area contributed by atoms with E-state index in [-0.39, 0.29) is 11.2 Å². The van der Waals surface area contributed by atoms with Gasteiger partial charge in [-0.1, -0.05) is 48.7 Å². The van der Waals surface area contributed by atoms with E-state index < -0.39 is 0 Å². The normalized spacial score (nSPS) is 16.6. The molecule has 0 aliphatic heterocycles. The van der Waals surface area contributed by atoms with Gasteiger partial charge < -0.3 is 9.32 Å². The molecular weight excluding hydrogens is 334 g/mol. The predicted octanol–water partition coefficient (Wildman–Crippen LogP) is 4.32. The second-order valence-corrected chi connectivity index (χ2v) is 8.03. The topological polar surface area (TPSA) is 59.2 Å². The van der Waals surface area contributed by atoms with Crippen molar-refractivity contribution in [3.05, 3.63) is 29.8 Å². The van der Waals surface area contributed by atoms with E-state index in [1.54, 1.807) is 0 Å². The molecule has 0 saturated heterocycles. The molecule has 1 saturated carbocycles. The molecule has 1 amide bonds. The summed E-state index contributed by atoms with van der Waals surface area (Å²) >= 11 is 1.33. The van der Waals surface area contributed by atoms with Crippen LogP contribution in [0.3, 0.4) is 0 Å². The maximum Gasteiger partial charge on any atom is 0.277 e. The molecule has 2 aromatic rings. The van der Waals surface area contributed by atoms with Gasteiger partial charge >= 0.3 is 0 Å². The number of rotatable bonds is 5. The lowest BCUT2D eigenvalue weighted by Gasteiger charge is -2.32. The van der Waals surface area contributed by atoms with Crippen LogP contribution < -0.4 is 0 Å². The molecule has 1 aromatic carbocycles. The molecule has 0 N–H and O–H groups in total. The van der Waals surface area contributed by atoms with Gasteiger partial charge in [0.25, 0.3) is 5.22 Å². The Morgan fingerprint density at radius 1 is 1.20 bits per heavy atom. The number of benzene rings is 1. The molecule has 1 unspecified atom stereocenters. The summed E-state index contributed by atoms with van der Waals surface area (Å²) in [6, 6.07) is 8.32. The maximum absolute atomic E-state index is 12.7. The Labute approximate surface area is 153 Å². The van der Waals surface area contributed by atoms with Crippen LogP contribution in [0.25, 0.3) is 11.5 Å². The van der Waals surface area contributed by atoms with Gasteiger partial charge in [0.1, 0.15) is 0 Å². The van der Waals surface area contributed by atoms with Crippen molar-refractivity contribution in [3.8, 4) is 11.5 Å². The molecule has 1 aromatic heterocycles. The van der Waals surface area contributed by atoms with Crippen LogP contribution in [-0.4, -0.2) is 39.3 Å². The molecule has 1 fully saturated rings. The number of amides is 1. The van der Waals surface area contributed by atoms with E-state index in [9.17, 15) is 4.79 Å². The smallest absolute Gasteiger partial charge is 0.277 e. The standard InChI is InChI=1S/C19H25N3O2S/c1-13-9-11-15(12-10-13)17-20-21-19(24-17)25-14(2)18(23)22(3)16-7-5-4-6-8-16/h9-12,14,16H,4-8H2,1-3H3. The van der Waals surface area contributed by atoms with E-state index in [1.807, 2.05) is 50.1 Å². The van der Waals surface area contributed by atoms with Crippen LogP contribution >= 0.6 is 11.8 Å². The van der Waals surface area contributed by atoms with Crippen LogP contribution in [0.2, 0.25) is 0 Å². The maximum atomic E-state index is 12.7. The summed E-state index contributed by atoms with van der Waals surface area (Å²) in [6.07, 6.45) is 5.93. The van der Waals surface area contributed by atoms with E-state index in [4.69, 9.17) is 4.42 Å². The summed E-state index contributed by atoms with van der Waals surface area (Å²) in [4.78, 5) is 14.6. The number of thioether (sulfide) groups is 1. The zero-order valence-electron chi connectivity index (χ0n) is 15.1. The zero-order chi connectivity index (χ0) is 17.8. The lowest BCUT2D eigenvalue weighted by Crippen LogP contribution is -2.42. The third-order valence-corrected chi connectivity index (χ3v) is 5.72. The van der Waals surface area contributed by atoms with E-state index in [0.717, 1.165) is 18.4 Å². The van der Waals surface area contributed by atoms with Crippen LogP contribution in [0, 0.1) is 6.92 Å². The number of nitrogens with zero attached hydrogens (tertiary/aromatic N) is 3. The van der Waals surface area contributed by atoms with Gasteiger partial charge in [0.15, 0.2) is 0 Å². The average molecular weight is 359 g/mol. The molecule has 134 valence electrons. The number of carbonyl (C=O) groups excluding carboxylic acids is 1. The first-order chi connectivity index (χ1) is 12.0. The second-order valence-electron chi connectivity index (χ2n) is 6.74. The summed E-state index contributed by atoms with van der Waals surface area (Å²) in [5.41, 5.74) is 2.08. The van der Waals surface area contributed by atoms with Crippen LogP contribution in [-0.2, 0) is 4.79 Å². The highest BCUT2D eigenvalue weighted by Crippen LogP contribution is 2.29. The molecular formula is C19H25N3O2S. The molecule has 0 spiro atoms. The fourth-order valence-corrected chi connectivity index (χ4v) is 3.99. The van der Waals surface area contributed by atoms with E-state index >= 15 is 0 Å². The first-order valence-corrected chi connectivity index (χ1v) is 9.76. The van der Waals surface area contributed by atoms with Gasteiger partial charge in [-0.15, -0.1) is 10.2 Å². The van der Waals surface area contributed by atoms with Gasteiger partial charge in [-0.25, -0.2) is 0 Å². The Morgan fingerprint density at radius 2 is 1.88 bits per heavy atom. The first-order valence-electron chi connectivity index (χ1n) is 8.88. The van der Waals surface area contributed by atoms with Crippen molar-refractivity contribution in [2.45, 2.75) is 62.5 Å². The van der Waals surface area contributed by atoms with Crippen molar-refractivity contribution in [3.63, 3.8) is 0 Å². The minimum absolute atomic E-state index is 0.131. The first kappa shape index (κ1) is 18.0. The van der Waals surface area contributed by atoms with Gasteiger partial charge in [-0.3, -0.25) is 4.79 Å². The molecule has 0 bridgehead atoms. The minimum Gasteiger partial charge on any atom is -0.411 e. The van der Waals surface area contributed by atoms with Gasteiger partial charge in [0.2, 0.25) is 11.8 Å². The molecule has 3 rings (SSSR count). The Hall–Kier alpha value is -1.82. The van der Waals surface area contributed by atoms with Gasteiger partial charge in [-0.05, 0) is 38.8 Å². The monoisotopic (exact) mass is 359 g/mol. The summed E-state index contributed by atoms with van der Waals surface area (Å²) < 4.78 is 5.73. The van der Waals surface area contributed by atoms with Gasteiger partial charge in [0.05, 0.1) is 5.25 Å². The molecule has 25 heavy (non-hydrogen) atoms. The van der Waals surface area contributed by atoms with Crippen LogP contribution in [0.15, 0.2) is 33.9 Å². The largest absolute Gasteiger partial charge is 0.411 e. The number of carbonyl (C=O) groups is 1. The highest BCUT2D eigenvalue weighted by atomic mass is 32.2.